The molecule has 2 rings (SSSR count). The van der Waals surface area contributed by atoms with Crippen molar-refractivity contribution >= 4 is 17.5 Å². The van der Waals surface area contributed by atoms with Crippen molar-refractivity contribution < 1.29 is 9.53 Å². The lowest BCUT2D eigenvalue weighted by Gasteiger charge is -2.07. The van der Waals surface area contributed by atoms with Gasteiger partial charge in [0.15, 0.2) is 6.61 Å². The van der Waals surface area contributed by atoms with Crippen molar-refractivity contribution in [2.75, 3.05) is 13.2 Å². The van der Waals surface area contributed by atoms with Gasteiger partial charge >= 0.3 is 0 Å². The van der Waals surface area contributed by atoms with Crippen LogP contribution in [-0.4, -0.2) is 19.1 Å². The Morgan fingerprint density at radius 3 is 2.68 bits per heavy atom. The molecule has 0 aliphatic heterocycles. The number of nitrogens with one attached hydrogen (secondary N) is 1. The summed E-state index contributed by atoms with van der Waals surface area (Å²) in [6.07, 6.45) is 0. The molecule has 0 aliphatic carbocycles. The van der Waals surface area contributed by atoms with Gasteiger partial charge < -0.3 is 10.1 Å². The Balaban J connectivity index is 1.77. The number of carbonyl (C=O) groups excluding carboxylic acids is 1. The van der Waals surface area contributed by atoms with E-state index in [1.807, 2.05) is 49.4 Å². The topological polar surface area (TPSA) is 38.3 Å². The van der Waals surface area contributed by atoms with Gasteiger partial charge in [0.2, 0.25) is 0 Å². The summed E-state index contributed by atoms with van der Waals surface area (Å²) in [5.41, 5.74) is 1.74. The van der Waals surface area contributed by atoms with E-state index in [2.05, 4.69) is 17.2 Å². The van der Waals surface area contributed by atoms with Crippen molar-refractivity contribution in [1.29, 1.82) is 0 Å². The van der Waals surface area contributed by atoms with E-state index < -0.39 is 0 Å². The van der Waals surface area contributed by atoms with Crippen molar-refractivity contribution in [2.24, 2.45) is 0 Å². The molecule has 0 spiro atoms. The molecule has 0 atom stereocenters. The van der Waals surface area contributed by atoms with E-state index in [0.717, 1.165) is 11.1 Å². The number of carbonyl (C=O) groups is 1. The second-order valence-electron chi connectivity index (χ2n) is 4.61. The summed E-state index contributed by atoms with van der Waals surface area (Å²) in [5, 5.41) is 3.28. The maximum atomic E-state index is 11.7. The van der Waals surface area contributed by atoms with Gasteiger partial charge in [-0.1, -0.05) is 53.8 Å². The minimum Gasteiger partial charge on any atom is -0.484 e. The summed E-state index contributed by atoms with van der Waals surface area (Å²) in [6, 6.07) is 14.9. The summed E-state index contributed by atoms with van der Waals surface area (Å²) < 4.78 is 5.45. The molecule has 0 aliphatic rings. The zero-order chi connectivity index (χ0) is 15.8. The average molecular weight is 314 g/mol. The fourth-order valence-electron chi connectivity index (χ4n) is 1.76. The highest BCUT2D eigenvalue weighted by Gasteiger charge is 2.03. The van der Waals surface area contributed by atoms with Gasteiger partial charge in [0.1, 0.15) is 5.75 Å². The predicted molar refractivity (Wildman–Crippen MR) is 88.0 cm³/mol. The minimum atomic E-state index is -0.211. The van der Waals surface area contributed by atoms with E-state index in [9.17, 15) is 4.79 Å². The molecule has 2 aromatic carbocycles. The van der Waals surface area contributed by atoms with E-state index in [1.165, 1.54) is 0 Å². The van der Waals surface area contributed by atoms with Crippen LogP contribution < -0.4 is 10.1 Å². The van der Waals surface area contributed by atoms with Crippen molar-refractivity contribution in [2.45, 2.75) is 6.92 Å². The van der Waals surface area contributed by atoms with Gasteiger partial charge in [0.25, 0.3) is 5.91 Å². The Hall–Kier alpha value is -2.44. The molecule has 0 radical (unpaired) electrons. The van der Waals surface area contributed by atoms with Crippen LogP contribution in [0.2, 0.25) is 5.02 Å². The molecule has 2 aromatic rings. The van der Waals surface area contributed by atoms with Crippen molar-refractivity contribution in [3.63, 3.8) is 0 Å². The minimum absolute atomic E-state index is 0.0291. The standard InChI is InChI=1S/C18H16ClNO2/c1-14-7-2-5-11-17(14)22-13-18(21)20-12-6-9-15-8-3-4-10-16(15)19/h2-5,7-8,10-11H,12-13H2,1H3,(H,20,21). The second-order valence-corrected chi connectivity index (χ2v) is 5.02. The number of hydrogen-bond acceptors (Lipinski definition) is 2. The quantitative estimate of drug-likeness (QED) is 0.880. The number of para-hydroxylation sites is 1. The van der Waals surface area contributed by atoms with Crippen LogP contribution in [0.3, 0.4) is 0 Å². The molecule has 0 saturated carbocycles. The lowest BCUT2D eigenvalue weighted by Crippen LogP contribution is -2.29. The summed E-state index contributed by atoms with van der Waals surface area (Å²) in [7, 11) is 0. The molecule has 112 valence electrons. The van der Waals surface area contributed by atoms with Gasteiger partial charge in [0.05, 0.1) is 11.6 Å². The van der Waals surface area contributed by atoms with Crippen LogP contribution in [0.15, 0.2) is 48.5 Å². The molecule has 4 heteroatoms. The van der Waals surface area contributed by atoms with E-state index in [1.54, 1.807) is 6.07 Å². The lowest BCUT2D eigenvalue weighted by molar-refractivity contribution is -0.122. The Kier molecular flexibility index (Phi) is 5.88. The third-order valence-corrected chi connectivity index (χ3v) is 3.25. The first-order valence-corrected chi connectivity index (χ1v) is 7.23. The Morgan fingerprint density at radius 2 is 1.91 bits per heavy atom. The van der Waals surface area contributed by atoms with Crippen LogP contribution in [0.1, 0.15) is 11.1 Å². The average Bonchev–Trinajstić information content (AvgIpc) is 2.52. The number of hydrogen-bond donors (Lipinski definition) is 1. The Labute approximate surface area is 135 Å². The largest absolute Gasteiger partial charge is 0.484 e. The number of halogens is 1. The van der Waals surface area contributed by atoms with Crippen LogP contribution in [0, 0.1) is 18.8 Å². The maximum Gasteiger partial charge on any atom is 0.258 e. The molecule has 0 saturated heterocycles. The first-order valence-electron chi connectivity index (χ1n) is 6.85. The first kappa shape index (κ1) is 15.9. The molecule has 0 aromatic heterocycles. The molecule has 1 amide bonds. The summed E-state index contributed by atoms with van der Waals surface area (Å²) in [4.78, 5) is 11.7. The van der Waals surface area contributed by atoms with Crippen LogP contribution in [0.5, 0.6) is 5.75 Å². The summed E-state index contributed by atoms with van der Waals surface area (Å²) in [6.45, 7) is 2.15. The number of rotatable bonds is 4. The van der Waals surface area contributed by atoms with Crippen molar-refractivity contribution in [3.8, 4) is 17.6 Å². The van der Waals surface area contributed by atoms with E-state index >= 15 is 0 Å². The SMILES string of the molecule is Cc1ccccc1OCC(=O)NCC#Cc1ccccc1Cl. The van der Waals surface area contributed by atoms with Crippen LogP contribution in [0.4, 0.5) is 0 Å². The van der Waals surface area contributed by atoms with Gasteiger partial charge in [-0.15, -0.1) is 0 Å². The second kappa shape index (κ2) is 8.11. The number of aryl methyl sites for hydroxylation is 1. The molecule has 3 nitrogen and oxygen atoms in total. The van der Waals surface area contributed by atoms with Crippen molar-refractivity contribution in [1.82, 2.24) is 5.32 Å². The Bertz CT molecular complexity index is 716. The molecule has 22 heavy (non-hydrogen) atoms. The fourth-order valence-corrected chi connectivity index (χ4v) is 1.94. The van der Waals surface area contributed by atoms with Gasteiger partial charge in [-0.3, -0.25) is 4.79 Å². The smallest absolute Gasteiger partial charge is 0.258 e. The third kappa shape index (κ3) is 4.83. The monoisotopic (exact) mass is 313 g/mol. The predicted octanol–water partition coefficient (Wildman–Crippen LogP) is 3.20. The molecular weight excluding hydrogens is 298 g/mol. The zero-order valence-electron chi connectivity index (χ0n) is 12.2. The fraction of sp³-hybridized carbons (Fsp3) is 0.167. The number of amides is 1. The van der Waals surface area contributed by atoms with E-state index in [-0.39, 0.29) is 19.1 Å². The van der Waals surface area contributed by atoms with Crippen LogP contribution in [-0.2, 0) is 4.79 Å². The number of benzene rings is 2. The molecule has 0 bridgehead atoms. The molecule has 0 unspecified atom stereocenters. The highest BCUT2D eigenvalue weighted by Crippen LogP contribution is 2.15. The van der Waals surface area contributed by atoms with Gasteiger partial charge in [-0.25, -0.2) is 0 Å². The van der Waals surface area contributed by atoms with Crippen LogP contribution >= 0.6 is 11.6 Å². The van der Waals surface area contributed by atoms with Gasteiger partial charge in [-0.05, 0) is 30.7 Å². The van der Waals surface area contributed by atoms with E-state index in [4.69, 9.17) is 16.3 Å². The normalized spacial score (nSPS) is 9.55. The number of ether oxygens (including phenoxy) is 1. The first-order chi connectivity index (χ1) is 10.7. The third-order valence-electron chi connectivity index (χ3n) is 2.92. The Morgan fingerprint density at radius 1 is 1.18 bits per heavy atom. The molecular formula is C18H16ClNO2. The van der Waals surface area contributed by atoms with Gasteiger partial charge in [0, 0.05) is 5.56 Å². The highest BCUT2D eigenvalue weighted by atomic mass is 35.5. The zero-order valence-corrected chi connectivity index (χ0v) is 13.0. The van der Waals surface area contributed by atoms with Crippen molar-refractivity contribution in [3.05, 3.63) is 64.7 Å². The molecule has 1 N–H and O–H groups in total. The van der Waals surface area contributed by atoms with E-state index in [0.29, 0.717) is 10.8 Å². The highest BCUT2D eigenvalue weighted by molar-refractivity contribution is 6.31. The summed E-state index contributed by atoms with van der Waals surface area (Å²) >= 11 is 5.99. The molecule has 0 fully saturated rings. The molecule has 0 heterocycles. The maximum absolute atomic E-state index is 11.7. The van der Waals surface area contributed by atoms with Crippen LogP contribution in [0.25, 0.3) is 0 Å². The lowest BCUT2D eigenvalue weighted by atomic mass is 10.2. The summed E-state index contributed by atoms with van der Waals surface area (Å²) in [5.74, 6) is 6.27. The van der Waals surface area contributed by atoms with Gasteiger partial charge in [-0.2, -0.15) is 0 Å².